The quantitative estimate of drug-likeness (QED) is 0.650. The number of halogens is 2. The van der Waals surface area contributed by atoms with E-state index in [-0.39, 0.29) is 4.90 Å². The fraction of sp³-hybridized carbons (Fsp3) is 0.429. The van der Waals surface area contributed by atoms with Gasteiger partial charge in [-0.15, -0.1) is 0 Å². The lowest BCUT2D eigenvalue weighted by Gasteiger charge is -2.34. The number of rotatable bonds is 8. The van der Waals surface area contributed by atoms with Gasteiger partial charge < -0.3 is 4.74 Å². The monoisotopic (exact) mass is 424 g/mol. The minimum atomic E-state index is -4.53. The van der Waals surface area contributed by atoms with Crippen LogP contribution in [0, 0.1) is 0 Å². The molecule has 0 radical (unpaired) electrons. The van der Waals surface area contributed by atoms with Crippen LogP contribution in [0.3, 0.4) is 0 Å². The lowest BCUT2D eigenvalue weighted by molar-refractivity contribution is 0.122. The fourth-order valence-electron chi connectivity index (χ4n) is 3.37. The number of hydrogen-bond donors (Lipinski definition) is 0. The summed E-state index contributed by atoms with van der Waals surface area (Å²) in [7, 11) is -4.53. The Hall–Kier alpha value is -2.03. The molecule has 5 nitrogen and oxygen atoms in total. The number of sulfone groups is 1. The fourth-order valence-corrected chi connectivity index (χ4v) is 4.09. The molecular weight excluding hydrogens is 398 g/mol. The lowest BCUT2D eigenvalue weighted by Crippen LogP contribution is -2.45. The van der Waals surface area contributed by atoms with E-state index in [1.54, 1.807) is 12.1 Å². The number of piperazine rings is 1. The predicted molar refractivity (Wildman–Crippen MR) is 108 cm³/mol. The van der Waals surface area contributed by atoms with Crippen molar-refractivity contribution in [3.63, 3.8) is 0 Å². The highest BCUT2D eigenvalue weighted by atomic mass is 32.2. The normalized spacial score (nSPS) is 16.3. The molecular formula is C21H26F2N2O3S. The minimum Gasteiger partial charge on any atom is -0.494 e. The largest absolute Gasteiger partial charge is 0.494 e. The van der Waals surface area contributed by atoms with E-state index in [1.807, 2.05) is 19.1 Å². The molecule has 0 spiro atoms. The zero-order valence-electron chi connectivity index (χ0n) is 16.4. The summed E-state index contributed by atoms with van der Waals surface area (Å²) < 4.78 is 53.7. The van der Waals surface area contributed by atoms with Gasteiger partial charge in [0, 0.05) is 39.3 Å². The second-order valence-electron chi connectivity index (χ2n) is 7.08. The Labute approximate surface area is 170 Å². The molecule has 1 aliphatic rings. The Balaban J connectivity index is 1.48. The molecule has 0 N–H and O–H groups in total. The lowest BCUT2D eigenvalue weighted by atomic mass is 10.1. The van der Waals surface area contributed by atoms with Crippen LogP contribution in [0.5, 0.6) is 5.75 Å². The second kappa shape index (κ2) is 9.65. The van der Waals surface area contributed by atoms with Crippen molar-refractivity contribution in [2.45, 2.75) is 30.7 Å². The van der Waals surface area contributed by atoms with Crippen LogP contribution in [0.4, 0.5) is 8.78 Å². The molecule has 0 amide bonds. The molecule has 0 atom stereocenters. The van der Waals surface area contributed by atoms with Crippen molar-refractivity contribution in [3.05, 3.63) is 59.7 Å². The molecule has 0 bridgehead atoms. The molecule has 0 aromatic heterocycles. The third kappa shape index (κ3) is 5.74. The van der Waals surface area contributed by atoms with Gasteiger partial charge in [0.05, 0.1) is 11.5 Å². The molecule has 8 heteroatoms. The van der Waals surface area contributed by atoms with Crippen molar-refractivity contribution in [2.75, 3.05) is 32.8 Å². The Morgan fingerprint density at radius 1 is 0.862 bits per heavy atom. The number of alkyl halides is 2. The number of ether oxygens (including phenoxy) is 1. The summed E-state index contributed by atoms with van der Waals surface area (Å²) >= 11 is 0. The summed E-state index contributed by atoms with van der Waals surface area (Å²) in [6.07, 6.45) is 0. The smallest absolute Gasteiger partial charge is 0.341 e. The zero-order chi connectivity index (χ0) is 20.9. The van der Waals surface area contributed by atoms with E-state index in [0.29, 0.717) is 13.2 Å². The van der Waals surface area contributed by atoms with Crippen LogP contribution < -0.4 is 4.74 Å². The number of nitrogens with zero attached hydrogens (tertiary/aromatic N) is 2. The molecule has 0 unspecified atom stereocenters. The van der Waals surface area contributed by atoms with Crippen LogP contribution in [0.2, 0.25) is 0 Å². The summed E-state index contributed by atoms with van der Waals surface area (Å²) in [5.74, 6) is -2.51. The van der Waals surface area contributed by atoms with Crippen LogP contribution in [0.1, 0.15) is 18.1 Å². The van der Waals surface area contributed by atoms with Gasteiger partial charge in [-0.1, -0.05) is 24.3 Å². The van der Waals surface area contributed by atoms with Crippen molar-refractivity contribution in [1.29, 1.82) is 0 Å². The van der Waals surface area contributed by atoms with Gasteiger partial charge in [0.25, 0.3) is 0 Å². The average molecular weight is 425 g/mol. The molecule has 1 fully saturated rings. The summed E-state index contributed by atoms with van der Waals surface area (Å²) in [6, 6.07) is 13.9. The molecule has 29 heavy (non-hydrogen) atoms. The standard InChI is InChI=1S/C21H26F2N2O3S/c1-2-28-19-7-3-17(4-8-19)15-24-11-13-25(14-12-24)16-18-5-9-20(10-6-18)29(26,27)21(22)23/h3-10,21H,2,11-16H2,1H3. The Kier molecular flexibility index (Phi) is 7.21. The van der Waals surface area contributed by atoms with Gasteiger partial charge in [-0.3, -0.25) is 9.80 Å². The molecule has 2 aromatic rings. The first-order chi connectivity index (χ1) is 13.9. The maximum absolute atomic E-state index is 12.6. The predicted octanol–water partition coefficient (Wildman–Crippen LogP) is 3.40. The molecule has 1 heterocycles. The highest BCUT2D eigenvalue weighted by molar-refractivity contribution is 7.91. The van der Waals surface area contributed by atoms with Crippen molar-refractivity contribution < 1.29 is 21.9 Å². The van der Waals surface area contributed by atoms with E-state index in [4.69, 9.17) is 4.74 Å². The Bertz CT molecular complexity index is 879. The van der Waals surface area contributed by atoms with E-state index in [0.717, 1.165) is 44.0 Å². The SMILES string of the molecule is CCOc1ccc(CN2CCN(Cc3ccc(S(=O)(=O)C(F)F)cc3)CC2)cc1. The van der Waals surface area contributed by atoms with Crippen molar-refractivity contribution in [2.24, 2.45) is 0 Å². The van der Waals surface area contributed by atoms with Crippen molar-refractivity contribution in [3.8, 4) is 5.75 Å². The first kappa shape index (κ1) is 21.7. The van der Waals surface area contributed by atoms with Crippen LogP contribution in [0.25, 0.3) is 0 Å². The number of hydrogen-bond acceptors (Lipinski definition) is 5. The second-order valence-corrected chi connectivity index (χ2v) is 9.00. The Morgan fingerprint density at radius 3 is 1.72 bits per heavy atom. The van der Waals surface area contributed by atoms with Gasteiger partial charge in [0.1, 0.15) is 5.75 Å². The topological polar surface area (TPSA) is 49.9 Å². The third-order valence-electron chi connectivity index (χ3n) is 5.00. The zero-order valence-corrected chi connectivity index (χ0v) is 17.2. The molecule has 2 aromatic carbocycles. The van der Waals surface area contributed by atoms with E-state index in [2.05, 4.69) is 21.9 Å². The van der Waals surface area contributed by atoms with Gasteiger partial charge in [-0.25, -0.2) is 8.42 Å². The van der Waals surface area contributed by atoms with Gasteiger partial charge in [-0.2, -0.15) is 8.78 Å². The maximum Gasteiger partial charge on any atom is 0.341 e. The molecule has 1 saturated heterocycles. The van der Waals surface area contributed by atoms with E-state index >= 15 is 0 Å². The Morgan fingerprint density at radius 2 is 1.31 bits per heavy atom. The number of benzene rings is 2. The van der Waals surface area contributed by atoms with E-state index in [1.165, 1.54) is 17.7 Å². The molecule has 3 rings (SSSR count). The van der Waals surface area contributed by atoms with E-state index in [9.17, 15) is 17.2 Å². The van der Waals surface area contributed by atoms with Gasteiger partial charge in [-0.05, 0) is 42.3 Å². The summed E-state index contributed by atoms with van der Waals surface area (Å²) in [6.45, 7) is 7.85. The summed E-state index contributed by atoms with van der Waals surface area (Å²) in [5, 5.41) is 0. The minimum absolute atomic E-state index is 0.337. The molecule has 0 aliphatic carbocycles. The van der Waals surface area contributed by atoms with Gasteiger partial charge in [0.2, 0.25) is 9.84 Å². The van der Waals surface area contributed by atoms with Crippen LogP contribution in [0.15, 0.2) is 53.4 Å². The van der Waals surface area contributed by atoms with Crippen molar-refractivity contribution in [1.82, 2.24) is 9.80 Å². The highest BCUT2D eigenvalue weighted by Gasteiger charge is 2.26. The molecule has 1 aliphatic heterocycles. The molecule has 0 saturated carbocycles. The maximum atomic E-state index is 12.6. The van der Waals surface area contributed by atoms with Crippen molar-refractivity contribution >= 4 is 9.84 Å². The van der Waals surface area contributed by atoms with Gasteiger partial charge in [0.15, 0.2) is 0 Å². The third-order valence-corrected chi connectivity index (χ3v) is 6.40. The average Bonchev–Trinajstić information content (AvgIpc) is 2.71. The first-order valence-electron chi connectivity index (χ1n) is 9.66. The van der Waals surface area contributed by atoms with E-state index < -0.39 is 15.6 Å². The molecule has 158 valence electrons. The first-order valence-corrected chi connectivity index (χ1v) is 11.2. The summed E-state index contributed by atoms with van der Waals surface area (Å²) in [5.41, 5.74) is 2.16. The van der Waals surface area contributed by atoms with Crippen LogP contribution >= 0.6 is 0 Å². The van der Waals surface area contributed by atoms with Crippen LogP contribution in [-0.4, -0.2) is 56.8 Å². The van der Waals surface area contributed by atoms with Gasteiger partial charge >= 0.3 is 5.76 Å². The highest BCUT2D eigenvalue weighted by Crippen LogP contribution is 2.20. The van der Waals surface area contributed by atoms with Crippen LogP contribution in [-0.2, 0) is 22.9 Å². The summed E-state index contributed by atoms with van der Waals surface area (Å²) in [4.78, 5) is 4.34.